The lowest BCUT2D eigenvalue weighted by Gasteiger charge is -2.22. The predicted molar refractivity (Wildman–Crippen MR) is 83.7 cm³/mol. The Hall–Kier alpha value is -1.70. The van der Waals surface area contributed by atoms with Gasteiger partial charge in [0.2, 0.25) is 10.0 Å². The molecule has 1 heterocycles. The van der Waals surface area contributed by atoms with Gasteiger partial charge in [0.05, 0.1) is 0 Å². The molecule has 2 rings (SSSR count). The second kappa shape index (κ2) is 7.04. The fourth-order valence-electron chi connectivity index (χ4n) is 2.31. The van der Waals surface area contributed by atoms with E-state index in [1.54, 1.807) is 13.8 Å². The fraction of sp³-hybridized carbons (Fsp3) is 0.400. The normalized spacial score (nSPS) is 12.0. The van der Waals surface area contributed by atoms with Gasteiger partial charge in [-0.15, -0.1) is 0 Å². The molecule has 0 bridgehead atoms. The Bertz CT molecular complexity index is 691. The molecule has 1 aromatic heterocycles. The molecule has 7 heteroatoms. The first kappa shape index (κ1) is 16.7. The zero-order valence-electron chi connectivity index (χ0n) is 12.8. The molecule has 0 atom stereocenters. The van der Waals surface area contributed by atoms with Crippen LogP contribution in [0.3, 0.4) is 0 Å². The second-order valence-corrected chi connectivity index (χ2v) is 6.99. The molecule has 0 spiro atoms. The van der Waals surface area contributed by atoms with E-state index in [1.807, 2.05) is 30.3 Å². The van der Waals surface area contributed by atoms with E-state index >= 15 is 0 Å². The maximum Gasteiger partial charge on any atom is 0.248 e. The topological polar surface area (TPSA) is 89.4 Å². The van der Waals surface area contributed by atoms with Gasteiger partial charge in [-0.05, 0) is 32.4 Å². The molecule has 0 radical (unpaired) electrons. The summed E-state index contributed by atoms with van der Waals surface area (Å²) < 4.78 is 32.3. The van der Waals surface area contributed by atoms with Gasteiger partial charge in [-0.25, -0.2) is 8.42 Å². The summed E-state index contributed by atoms with van der Waals surface area (Å²) in [5.74, 6) is 0.309. The molecule has 0 aliphatic rings. The van der Waals surface area contributed by atoms with Crippen molar-refractivity contribution in [2.24, 2.45) is 5.73 Å². The Labute approximate surface area is 131 Å². The monoisotopic (exact) mass is 323 g/mol. The van der Waals surface area contributed by atoms with Crippen molar-refractivity contribution in [3.63, 3.8) is 0 Å². The summed E-state index contributed by atoms with van der Waals surface area (Å²) in [5.41, 5.74) is 6.84. The highest BCUT2D eigenvalue weighted by Crippen LogP contribution is 2.24. The third kappa shape index (κ3) is 3.55. The van der Waals surface area contributed by atoms with E-state index < -0.39 is 10.0 Å². The molecule has 0 saturated carbocycles. The van der Waals surface area contributed by atoms with E-state index in [4.69, 9.17) is 10.3 Å². The Balaban J connectivity index is 2.36. The SMILES string of the molecule is Cc1noc(C)c1S(=O)(=O)N(CCCN)Cc1ccccc1. The third-order valence-electron chi connectivity index (χ3n) is 3.38. The molecule has 0 fully saturated rings. The van der Waals surface area contributed by atoms with Gasteiger partial charge in [-0.2, -0.15) is 4.31 Å². The van der Waals surface area contributed by atoms with Crippen molar-refractivity contribution < 1.29 is 12.9 Å². The smallest absolute Gasteiger partial charge is 0.248 e. The second-order valence-electron chi connectivity index (χ2n) is 5.12. The minimum absolute atomic E-state index is 0.153. The number of nitrogens with zero attached hydrogens (tertiary/aromatic N) is 2. The van der Waals surface area contributed by atoms with Gasteiger partial charge in [0.25, 0.3) is 0 Å². The van der Waals surface area contributed by atoms with Crippen molar-refractivity contribution in [2.75, 3.05) is 13.1 Å². The molecule has 0 aliphatic heterocycles. The average molecular weight is 323 g/mol. The van der Waals surface area contributed by atoms with Crippen LogP contribution >= 0.6 is 0 Å². The van der Waals surface area contributed by atoms with Gasteiger partial charge in [0.15, 0.2) is 5.76 Å². The summed E-state index contributed by atoms with van der Waals surface area (Å²) in [6, 6.07) is 9.48. The van der Waals surface area contributed by atoms with E-state index in [2.05, 4.69) is 5.16 Å². The summed E-state index contributed by atoms with van der Waals surface area (Å²) in [6.45, 7) is 4.33. The summed E-state index contributed by atoms with van der Waals surface area (Å²) in [5, 5.41) is 3.75. The Morgan fingerprint density at radius 3 is 2.45 bits per heavy atom. The lowest BCUT2D eigenvalue weighted by molar-refractivity contribution is 0.385. The first-order valence-corrected chi connectivity index (χ1v) is 8.58. The van der Waals surface area contributed by atoms with Gasteiger partial charge < -0.3 is 10.3 Å². The number of aromatic nitrogens is 1. The summed E-state index contributed by atoms with van der Waals surface area (Å²) in [4.78, 5) is 0.153. The standard InChI is InChI=1S/C15H21N3O3S/c1-12-15(13(2)21-17-12)22(19,20)18(10-6-9-16)11-14-7-4-3-5-8-14/h3-5,7-8H,6,9-11,16H2,1-2H3. The molecule has 0 unspecified atom stereocenters. The van der Waals surface area contributed by atoms with Crippen molar-refractivity contribution in [1.29, 1.82) is 0 Å². The van der Waals surface area contributed by atoms with Crippen LogP contribution in [0.25, 0.3) is 0 Å². The highest BCUT2D eigenvalue weighted by Gasteiger charge is 2.30. The molecule has 0 aliphatic carbocycles. The van der Waals surface area contributed by atoms with Crippen LogP contribution in [0, 0.1) is 13.8 Å². The van der Waals surface area contributed by atoms with Crippen LogP contribution in [0.1, 0.15) is 23.4 Å². The van der Waals surface area contributed by atoms with E-state index in [1.165, 1.54) is 4.31 Å². The predicted octanol–water partition coefficient (Wildman–Crippen LogP) is 1.83. The zero-order chi connectivity index (χ0) is 16.2. The highest BCUT2D eigenvalue weighted by molar-refractivity contribution is 7.89. The molecule has 22 heavy (non-hydrogen) atoms. The van der Waals surface area contributed by atoms with E-state index in [0.29, 0.717) is 37.5 Å². The summed E-state index contributed by atoms with van der Waals surface area (Å²) >= 11 is 0. The van der Waals surface area contributed by atoms with Gasteiger partial charge in [0, 0.05) is 13.1 Å². The van der Waals surface area contributed by atoms with Gasteiger partial charge in [-0.3, -0.25) is 0 Å². The van der Waals surface area contributed by atoms with Gasteiger partial charge in [0.1, 0.15) is 10.6 Å². The molecular formula is C15H21N3O3S. The minimum atomic E-state index is -3.67. The molecule has 2 aromatic rings. The van der Waals surface area contributed by atoms with Crippen LogP contribution in [0.15, 0.2) is 39.8 Å². The van der Waals surface area contributed by atoms with Crippen LogP contribution in [-0.2, 0) is 16.6 Å². The molecule has 6 nitrogen and oxygen atoms in total. The van der Waals surface area contributed by atoms with Crippen LogP contribution < -0.4 is 5.73 Å². The fourth-order valence-corrected chi connectivity index (χ4v) is 4.07. The number of sulfonamides is 1. The number of nitrogens with two attached hydrogens (primary N) is 1. The third-order valence-corrected chi connectivity index (χ3v) is 5.47. The summed E-state index contributed by atoms with van der Waals surface area (Å²) in [7, 11) is -3.67. The maximum atomic E-state index is 12.9. The number of benzene rings is 1. The highest BCUT2D eigenvalue weighted by atomic mass is 32.2. The molecule has 1 aromatic carbocycles. The van der Waals surface area contributed by atoms with E-state index in [0.717, 1.165) is 5.56 Å². The number of rotatable bonds is 7. The molecule has 0 amide bonds. The van der Waals surface area contributed by atoms with Crippen molar-refractivity contribution in [3.05, 3.63) is 47.3 Å². The van der Waals surface area contributed by atoms with Crippen molar-refractivity contribution in [2.45, 2.75) is 31.7 Å². The van der Waals surface area contributed by atoms with Crippen LogP contribution in [0.4, 0.5) is 0 Å². The largest absolute Gasteiger partial charge is 0.360 e. The van der Waals surface area contributed by atoms with Crippen LogP contribution in [0.2, 0.25) is 0 Å². The van der Waals surface area contributed by atoms with Crippen molar-refractivity contribution in [3.8, 4) is 0 Å². The molecular weight excluding hydrogens is 302 g/mol. The summed E-state index contributed by atoms with van der Waals surface area (Å²) in [6.07, 6.45) is 0.593. The maximum absolute atomic E-state index is 12.9. The zero-order valence-corrected chi connectivity index (χ0v) is 13.6. The van der Waals surface area contributed by atoms with E-state index in [-0.39, 0.29) is 4.90 Å². The van der Waals surface area contributed by atoms with Crippen molar-refractivity contribution >= 4 is 10.0 Å². The number of hydrogen-bond donors (Lipinski definition) is 1. The minimum Gasteiger partial charge on any atom is -0.360 e. The molecule has 0 saturated heterocycles. The Morgan fingerprint density at radius 1 is 1.23 bits per heavy atom. The van der Waals surface area contributed by atoms with Gasteiger partial charge in [-0.1, -0.05) is 35.5 Å². The van der Waals surface area contributed by atoms with Crippen molar-refractivity contribution in [1.82, 2.24) is 9.46 Å². The first-order valence-electron chi connectivity index (χ1n) is 7.14. The van der Waals surface area contributed by atoms with E-state index in [9.17, 15) is 8.42 Å². The lowest BCUT2D eigenvalue weighted by Crippen LogP contribution is -2.33. The van der Waals surface area contributed by atoms with Crippen LogP contribution in [-0.4, -0.2) is 31.0 Å². The van der Waals surface area contributed by atoms with Gasteiger partial charge >= 0.3 is 0 Å². The quantitative estimate of drug-likeness (QED) is 0.839. The van der Waals surface area contributed by atoms with Crippen LogP contribution in [0.5, 0.6) is 0 Å². The lowest BCUT2D eigenvalue weighted by atomic mass is 10.2. The Kier molecular flexibility index (Phi) is 5.33. The number of aryl methyl sites for hydroxylation is 2. The number of hydrogen-bond acceptors (Lipinski definition) is 5. The molecule has 120 valence electrons. The average Bonchev–Trinajstić information content (AvgIpc) is 2.84. The first-order chi connectivity index (χ1) is 10.5. The Morgan fingerprint density at radius 2 is 1.91 bits per heavy atom. The molecule has 2 N–H and O–H groups in total.